The van der Waals surface area contributed by atoms with Crippen molar-refractivity contribution in [3.05, 3.63) is 98.1 Å². The van der Waals surface area contributed by atoms with E-state index in [-0.39, 0.29) is 46.0 Å². The number of nitriles is 1. The Bertz CT molecular complexity index is 1640. The number of aryl methyl sites for hydroxylation is 2. The largest absolute Gasteiger partial charge is 0.379 e. The van der Waals surface area contributed by atoms with E-state index in [1.165, 1.54) is 39.3 Å². The van der Waals surface area contributed by atoms with E-state index < -0.39 is 17.3 Å². The van der Waals surface area contributed by atoms with E-state index in [0.717, 1.165) is 5.56 Å². The molecule has 0 aliphatic rings. The van der Waals surface area contributed by atoms with Crippen LogP contribution >= 0.6 is 0 Å². The summed E-state index contributed by atoms with van der Waals surface area (Å²) >= 11 is 0. The van der Waals surface area contributed by atoms with Crippen LogP contribution in [0.2, 0.25) is 0 Å². The predicted molar refractivity (Wildman–Crippen MR) is 142 cm³/mol. The molecule has 3 rings (SSSR count). The highest BCUT2D eigenvalue weighted by Gasteiger charge is 2.18. The molecule has 0 bridgehead atoms. The standard InChI is InChI=1S/C27H28N6O5/c1-5-6-7-11-21(33(36)37)16-23(34)29-25-20(17-28)15-22-26(31(25)13-9-14-38-18(2)3)30-24-19(4)10-8-12-32(24)27(22)35/h5-8,10-12,15,18H,1,9,13-14,16H2,2-4H3/b7-6+,21-11-,29-25?. The average Bonchev–Trinajstić information content (AvgIpc) is 2.87. The van der Waals surface area contributed by atoms with Gasteiger partial charge in [-0.05, 0) is 44.9 Å². The number of allylic oxidation sites excluding steroid dienone is 4. The van der Waals surface area contributed by atoms with Gasteiger partial charge in [0.2, 0.25) is 0 Å². The third kappa shape index (κ3) is 6.35. The number of fused-ring (bicyclic) bond motifs is 2. The maximum absolute atomic E-state index is 13.3. The molecule has 0 unspecified atom stereocenters. The number of pyridine rings is 2. The van der Waals surface area contributed by atoms with E-state index in [0.29, 0.717) is 18.7 Å². The summed E-state index contributed by atoms with van der Waals surface area (Å²) in [6.45, 7) is 9.74. The molecular weight excluding hydrogens is 488 g/mol. The summed E-state index contributed by atoms with van der Waals surface area (Å²) in [6.07, 6.45) is 7.01. The fraction of sp³-hybridized carbons (Fsp3) is 0.296. The quantitative estimate of drug-likeness (QED) is 0.132. The highest BCUT2D eigenvalue weighted by Crippen LogP contribution is 2.14. The van der Waals surface area contributed by atoms with Crippen molar-refractivity contribution in [3.8, 4) is 6.07 Å². The molecule has 0 aliphatic heterocycles. The van der Waals surface area contributed by atoms with Crippen LogP contribution in [0.3, 0.4) is 0 Å². The van der Waals surface area contributed by atoms with Gasteiger partial charge in [-0.25, -0.2) is 4.98 Å². The van der Waals surface area contributed by atoms with Gasteiger partial charge in [-0.15, -0.1) is 0 Å². The Morgan fingerprint density at radius 3 is 2.79 bits per heavy atom. The normalized spacial score (nSPS) is 12.5. The van der Waals surface area contributed by atoms with Crippen molar-refractivity contribution in [1.29, 1.82) is 5.26 Å². The SMILES string of the molecule is C=C/C=C/C=C(/CC(=O)N=c1c(C#N)cc2c(=O)n3cccc(C)c3nc2n1CCCOC(C)C)[N+](=O)[O-]. The van der Waals surface area contributed by atoms with Gasteiger partial charge < -0.3 is 9.30 Å². The first-order chi connectivity index (χ1) is 18.2. The number of aromatic nitrogens is 3. The highest BCUT2D eigenvalue weighted by atomic mass is 16.6. The minimum Gasteiger partial charge on any atom is -0.379 e. The lowest BCUT2D eigenvalue weighted by molar-refractivity contribution is -0.426. The van der Waals surface area contributed by atoms with Crippen molar-refractivity contribution >= 4 is 22.6 Å². The lowest BCUT2D eigenvalue weighted by Gasteiger charge is -2.14. The second-order valence-electron chi connectivity index (χ2n) is 8.68. The van der Waals surface area contributed by atoms with Crippen LogP contribution in [0.5, 0.6) is 0 Å². The van der Waals surface area contributed by atoms with E-state index in [1.807, 2.05) is 32.9 Å². The molecule has 3 aromatic rings. The van der Waals surface area contributed by atoms with Gasteiger partial charge in [0.05, 0.1) is 22.0 Å². The Hall–Kier alpha value is -4.69. The van der Waals surface area contributed by atoms with Crippen molar-refractivity contribution in [2.24, 2.45) is 4.99 Å². The van der Waals surface area contributed by atoms with Gasteiger partial charge in [0, 0.05) is 25.4 Å². The average molecular weight is 517 g/mol. The zero-order valence-corrected chi connectivity index (χ0v) is 21.5. The van der Waals surface area contributed by atoms with Gasteiger partial charge in [-0.1, -0.05) is 30.9 Å². The second kappa shape index (κ2) is 12.5. The Labute approximate surface area is 218 Å². The summed E-state index contributed by atoms with van der Waals surface area (Å²) in [6, 6.07) is 6.90. The fourth-order valence-corrected chi connectivity index (χ4v) is 3.79. The van der Waals surface area contributed by atoms with Gasteiger partial charge in [0.15, 0.2) is 5.49 Å². The van der Waals surface area contributed by atoms with Crippen LogP contribution in [-0.4, -0.2) is 37.5 Å². The first-order valence-corrected chi connectivity index (χ1v) is 11.9. The molecule has 3 aromatic heterocycles. The summed E-state index contributed by atoms with van der Waals surface area (Å²) in [5.74, 6) is -0.823. The molecule has 38 heavy (non-hydrogen) atoms. The van der Waals surface area contributed by atoms with E-state index in [4.69, 9.17) is 9.72 Å². The van der Waals surface area contributed by atoms with Crippen LogP contribution in [0, 0.1) is 28.4 Å². The van der Waals surface area contributed by atoms with Crippen LogP contribution in [0.4, 0.5) is 0 Å². The molecule has 0 saturated carbocycles. The highest BCUT2D eigenvalue weighted by molar-refractivity contribution is 5.81. The molecule has 11 heteroatoms. The van der Waals surface area contributed by atoms with Gasteiger partial charge in [0.1, 0.15) is 23.8 Å². The molecule has 0 radical (unpaired) electrons. The van der Waals surface area contributed by atoms with Crippen molar-refractivity contribution in [2.45, 2.75) is 46.3 Å². The monoisotopic (exact) mass is 516 g/mol. The van der Waals surface area contributed by atoms with Crippen molar-refractivity contribution in [1.82, 2.24) is 14.0 Å². The lowest BCUT2D eigenvalue weighted by Crippen LogP contribution is -2.30. The van der Waals surface area contributed by atoms with Crippen LogP contribution in [0.15, 0.2) is 70.8 Å². The summed E-state index contributed by atoms with van der Waals surface area (Å²) in [5, 5.41) is 21.5. The number of amides is 1. The van der Waals surface area contributed by atoms with Crippen LogP contribution in [-0.2, 0) is 16.1 Å². The van der Waals surface area contributed by atoms with Crippen molar-refractivity contribution in [3.63, 3.8) is 0 Å². The number of nitro groups is 1. The molecular formula is C27H28N6O5. The van der Waals surface area contributed by atoms with E-state index in [1.54, 1.807) is 12.3 Å². The maximum Gasteiger partial charge on any atom is 0.267 e. The van der Waals surface area contributed by atoms with Crippen molar-refractivity contribution in [2.75, 3.05) is 6.61 Å². The second-order valence-corrected chi connectivity index (χ2v) is 8.68. The first kappa shape index (κ1) is 27.9. The molecule has 0 aliphatic carbocycles. The van der Waals surface area contributed by atoms with Crippen molar-refractivity contribution < 1.29 is 14.5 Å². The zero-order valence-electron chi connectivity index (χ0n) is 21.5. The number of rotatable bonds is 10. The lowest BCUT2D eigenvalue weighted by atomic mass is 10.2. The molecule has 0 saturated heterocycles. The summed E-state index contributed by atoms with van der Waals surface area (Å²) in [7, 11) is 0. The number of carbonyl (C=O) groups excluding carboxylic acids is 1. The van der Waals surface area contributed by atoms with Crippen LogP contribution < -0.4 is 11.0 Å². The van der Waals surface area contributed by atoms with Gasteiger partial charge in [0.25, 0.3) is 17.2 Å². The van der Waals surface area contributed by atoms with E-state index in [2.05, 4.69) is 11.6 Å². The minimum absolute atomic E-state index is 0.00441. The minimum atomic E-state index is -0.823. The third-order valence-corrected chi connectivity index (χ3v) is 5.54. The van der Waals surface area contributed by atoms with E-state index in [9.17, 15) is 25.0 Å². The third-order valence-electron chi connectivity index (χ3n) is 5.54. The van der Waals surface area contributed by atoms with E-state index >= 15 is 0 Å². The van der Waals surface area contributed by atoms with Crippen LogP contribution in [0.25, 0.3) is 16.7 Å². The molecule has 0 N–H and O–H groups in total. The number of nitrogens with zero attached hydrogens (tertiary/aromatic N) is 6. The summed E-state index contributed by atoms with van der Waals surface area (Å²) < 4.78 is 8.57. The molecule has 0 spiro atoms. The molecule has 3 heterocycles. The molecule has 0 aromatic carbocycles. The maximum atomic E-state index is 13.3. The van der Waals surface area contributed by atoms with Gasteiger partial charge >= 0.3 is 0 Å². The summed E-state index contributed by atoms with van der Waals surface area (Å²) in [5.41, 5.74) is 0.636. The Kier molecular flexibility index (Phi) is 9.18. The topological polar surface area (TPSA) is 145 Å². The molecule has 1 amide bonds. The first-order valence-electron chi connectivity index (χ1n) is 11.9. The number of carbonyl (C=O) groups is 1. The van der Waals surface area contributed by atoms with Crippen LogP contribution in [0.1, 0.15) is 37.8 Å². The Morgan fingerprint density at radius 1 is 1.37 bits per heavy atom. The zero-order chi connectivity index (χ0) is 27.8. The molecule has 196 valence electrons. The fourth-order valence-electron chi connectivity index (χ4n) is 3.79. The number of hydrogen-bond acceptors (Lipinski definition) is 7. The van der Waals surface area contributed by atoms with Gasteiger partial charge in [-0.3, -0.25) is 24.1 Å². The summed E-state index contributed by atoms with van der Waals surface area (Å²) in [4.78, 5) is 45.8. The number of hydrogen-bond donors (Lipinski definition) is 0. The van der Waals surface area contributed by atoms with Gasteiger partial charge in [-0.2, -0.15) is 10.3 Å². The molecule has 0 atom stereocenters. The molecule has 0 fully saturated rings. The molecule has 11 nitrogen and oxygen atoms in total. The smallest absolute Gasteiger partial charge is 0.267 e. The Morgan fingerprint density at radius 2 is 2.13 bits per heavy atom. The predicted octanol–water partition coefficient (Wildman–Crippen LogP) is 3.36. The number of ether oxygens (including phenoxy) is 1. The Balaban J connectivity index is 2.26.